The van der Waals surface area contributed by atoms with E-state index in [4.69, 9.17) is 0 Å². The Morgan fingerprint density at radius 3 is 2.50 bits per heavy atom. The van der Waals surface area contributed by atoms with E-state index in [1.165, 1.54) is 12.1 Å². The Morgan fingerprint density at radius 1 is 1.35 bits per heavy atom. The Morgan fingerprint density at radius 2 is 2.00 bits per heavy atom. The number of amides is 1. The predicted octanol–water partition coefficient (Wildman–Crippen LogP) is 4.25. The van der Waals surface area contributed by atoms with Crippen LogP contribution in [0.25, 0.3) is 0 Å². The standard InChI is InChI=1S/C17H26FNO/c1-6-19(12-14-8-7-9-15(18)11-14)16(20)10-13(2)17(3,4)5/h7-9,11,13H,6,10,12H2,1-5H3. The number of hydrogen-bond acceptors (Lipinski definition) is 1. The van der Waals surface area contributed by atoms with Gasteiger partial charge in [-0.25, -0.2) is 4.39 Å². The lowest BCUT2D eigenvalue weighted by molar-refractivity contribution is -0.133. The molecule has 3 heteroatoms. The van der Waals surface area contributed by atoms with Crippen molar-refractivity contribution in [3.05, 3.63) is 35.6 Å². The summed E-state index contributed by atoms with van der Waals surface area (Å²) < 4.78 is 13.2. The van der Waals surface area contributed by atoms with Crippen LogP contribution in [0.2, 0.25) is 0 Å². The van der Waals surface area contributed by atoms with Gasteiger partial charge in [0.05, 0.1) is 0 Å². The molecule has 1 aromatic rings. The third-order valence-corrected chi connectivity index (χ3v) is 3.96. The van der Waals surface area contributed by atoms with Crippen LogP contribution in [-0.2, 0) is 11.3 Å². The highest BCUT2D eigenvalue weighted by atomic mass is 19.1. The third-order valence-electron chi connectivity index (χ3n) is 3.96. The molecule has 1 atom stereocenters. The van der Waals surface area contributed by atoms with E-state index < -0.39 is 0 Å². The molecule has 0 aromatic heterocycles. The molecule has 0 heterocycles. The molecule has 2 nitrogen and oxygen atoms in total. The molecule has 0 N–H and O–H groups in total. The number of carbonyl (C=O) groups excluding carboxylic acids is 1. The lowest BCUT2D eigenvalue weighted by Gasteiger charge is -2.29. The van der Waals surface area contributed by atoms with E-state index in [1.54, 1.807) is 11.0 Å². The topological polar surface area (TPSA) is 20.3 Å². The molecular formula is C17H26FNO. The molecule has 1 rings (SSSR count). The van der Waals surface area contributed by atoms with E-state index in [1.807, 2.05) is 13.0 Å². The van der Waals surface area contributed by atoms with Crippen LogP contribution in [0.5, 0.6) is 0 Å². The van der Waals surface area contributed by atoms with Crippen molar-refractivity contribution in [2.45, 2.75) is 47.6 Å². The maximum atomic E-state index is 13.2. The van der Waals surface area contributed by atoms with Crippen LogP contribution < -0.4 is 0 Å². The van der Waals surface area contributed by atoms with Crippen molar-refractivity contribution in [3.63, 3.8) is 0 Å². The van der Waals surface area contributed by atoms with Gasteiger partial charge in [0.2, 0.25) is 5.91 Å². The summed E-state index contributed by atoms with van der Waals surface area (Å²) in [6, 6.07) is 6.44. The summed E-state index contributed by atoms with van der Waals surface area (Å²) in [4.78, 5) is 14.1. The van der Waals surface area contributed by atoms with Crippen LogP contribution >= 0.6 is 0 Å². The highest BCUT2D eigenvalue weighted by molar-refractivity contribution is 5.76. The summed E-state index contributed by atoms with van der Waals surface area (Å²) in [5.41, 5.74) is 0.956. The highest BCUT2D eigenvalue weighted by Crippen LogP contribution is 2.28. The number of halogens is 1. The molecular weight excluding hydrogens is 253 g/mol. The highest BCUT2D eigenvalue weighted by Gasteiger charge is 2.24. The number of hydrogen-bond donors (Lipinski definition) is 0. The quantitative estimate of drug-likeness (QED) is 0.789. The molecule has 0 aliphatic carbocycles. The van der Waals surface area contributed by atoms with Crippen molar-refractivity contribution in [1.29, 1.82) is 0 Å². The number of benzene rings is 1. The molecule has 1 aromatic carbocycles. The van der Waals surface area contributed by atoms with Crippen LogP contribution in [-0.4, -0.2) is 17.4 Å². The van der Waals surface area contributed by atoms with Crippen LogP contribution in [0.15, 0.2) is 24.3 Å². The van der Waals surface area contributed by atoms with Crippen LogP contribution in [0.3, 0.4) is 0 Å². The largest absolute Gasteiger partial charge is 0.339 e. The lowest BCUT2D eigenvalue weighted by Crippen LogP contribution is -2.33. The van der Waals surface area contributed by atoms with Crippen LogP contribution in [0.1, 0.15) is 46.6 Å². The van der Waals surface area contributed by atoms with Gasteiger partial charge in [-0.2, -0.15) is 0 Å². The summed E-state index contributed by atoms with van der Waals surface area (Å²) in [7, 11) is 0. The van der Waals surface area contributed by atoms with E-state index in [2.05, 4.69) is 27.7 Å². The second kappa shape index (κ2) is 6.87. The minimum atomic E-state index is -0.255. The molecule has 0 saturated carbocycles. The fourth-order valence-corrected chi connectivity index (χ4v) is 1.93. The SMILES string of the molecule is CCN(Cc1cccc(F)c1)C(=O)CC(C)C(C)(C)C. The van der Waals surface area contributed by atoms with Gasteiger partial charge in [-0.1, -0.05) is 39.8 Å². The molecule has 0 radical (unpaired) electrons. The predicted molar refractivity (Wildman–Crippen MR) is 80.7 cm³/mol. The average Bonchev–Trinajstić information content (AvgIpc) is 2.34. The lowest BCUT2D eigenvalue weighted by atomic mass is 9.80. The van der Waals surface area contributed by atoms with Crippen molar-refractivity contribution in [1.82, 2.24) is 4.90 Å². The van der Waals surface area contributed by atoms with Gasteiger partial charge in [0.15, 0.2) is 0 Å². The first kappa shape index (κ1) is 16.7. The molecule has 0 spiro atoms. The summed E-state index contributed by atoms with van der Waals surface area (Å²) in [6.45, 7) is 11.6. The van der Waals surface area contributed by atoms with Gasteiger partial charge in [-0.05, 0) is 36.0 Å². The Bertz CT molecular complexity index is 451. The average molecular weight is 279 g/mol. The molecule has 112 valence electrons. The summed E-state index contributed by atoms with van der Waals surface area (Å²) in [5.74, 6) is 0.199. The van der Waals surface area contributed by atoms with Gasteiger partial charge in [-0.3, -0.25) is 4.79 Å². The minimum absolute atomic E-state index is 0.119. The molecule has 1 amide bonds. The second-order valence-electron chi connectivity index (χ2n) is 6.51. The Balaban J connectivity index is 2.69. The van der Waals surface area contributed by atoms with Crippen molar-refractivity contribution in [2.75, 3.05) is 6.54 Å². The Labute approximate surface area is 122 Å². The zero-order valence-electron chi connectivity index (χ0n) is 13.2. The number of rotatable bonds is 5. The monoisotopic (exact) mass is 279 g/mol. The summed E-state index contributed by atoms with van der Waals surface area (Å²) in [6.07, 6.45) is 0.534. The fraction of sp³-hybridized carbons (Fsp3) is 0.588. The Kier molecular flexibility index (Phi) is 5.73. The second-order valence-corrected chi connectivity index (χ2v) is 6.51. The molecule has 0 aliphatic heterocycles. The first-order chi connectivity index (χ1) is 9.24. The minimum Gasteiger partial charge on any atom is -0.339 e. The zero-order chi connectivity index (χ0) is 15.3. The van der Waals surface area contributed by atoms with Crippen LogP contribution in [0.4, 0.5) is 4.39 Å². The fourth-order valence-electron chi connectivity index (χ4n) is 1.93. The van der Waals surface area contributed by atoms with E-state index in [-0.39, 0.29) is 17.1 Å². The van der Waals surface area contributed by atoms with Gasteiger partial charge >= 0.3 is 0 Å². The van der Waals surface area contributed by atoms with Crippen molar-refractivity contribution < 1.29 is 9.18 Å². The smallest absolute Gasteiger partial charge is 0.223 e. The van der Waals surface area contributed by atoms with Gasteiger partial charge in [0, 0.05) is 19.5 Å². The molecule has 0 saturated heterocycles. The van der Waals surface area contributed by atoms with Gasteiger partial charge in [0.25, 0.3) is 0 Å². The number of carbonyl (C=O) groups is 1. The third kappa shape index (κ3) is 4.95. The maximum Gasteiger partial charge on any atom is 0.223 e. The summed E-state index contributed by atoms with van der Waals surface area (Å²) in [5, 5.41) is 0. The van der Waals surface area contributed by atoms with Crippen molar-refractivity contribution >= 4 is 5.91 Å². The van der Waals surface area contributed by atoms with Gasteiger partial charge in [-0.15, -0.1) is 0 Å². The van der Waals surface area contributed by atoms with Crippen LogP contribution in [0, 0.1) is 17.2 Å². The molecule has 0 fully saturated rings. The van der Waals surface area contributed by atoms with Crippen molar-refractivity contribution in [2.24, 2.45) is 11.3 Å². The molecule has 20 heavy (non-hydrogen) atoms. The maximum absolute atomic E-state index is 13.2. The van der Waals surface area contributed by atoms with E-state index in [0.29, 0.717) is 25.4 Å². The van der Waals surface area contributed by atoms with E-state index >= 15 is 0 Å². The van der Waals surface area contributed by atoms with Gasteiger partial charge < -0.3 is 4.90 Å². The zero-order valence-corrected chi connectivity index (χ0v) is 13.2. The molecule has 0 aliphatic rings. The first-order valence-corrected chi connectivity index (χ1v) is 7.26. The Hall–Kier alpha value is -1.38. The van der Waals surface area contributed by atoms with E-state index in [9.17, 15) is 9.18 Å². The van der Waals surface area contributed by atoms with Crippen molar-refractivity contribution in [3.8, 4) is 0 Å². The summed E-state index contributed by atoms with van der Waals surface area (Å²) >= 11 is 0. The molecule has 1 unspecified atom stereocenters. The first-order valence-electron chi connectivity index (χ1n) is 7.26. The van der Waals surface area contributed by atoms with E-state index in [0.717, 1.165) is 5.56 Å². The normalized spacial score (nSPS) is 13.1. The molecule has 0 bridgehead atoms. The van der Waals surface area contributed by atoms with Gasteiger partial charge in [0.1, 0.15) is 5.82 Å². The number of nitrogens with zero attached hydrogens (tertiary/aromatic N) is 1.